The number of hydrogen-bond acceptors (Lipinski definition) is 4. The van der Waals surface area contributed by atoms with Gasteiger partial charge in [0.05, 0.1) is 6.20 Å². The van der Waals surface area contributed by atoms with E-state index in [0.29, 0.717) is 11.6 Å². The average molecular weight is 288 g/mol. The summed E-state index contributed by atoms with van der Waals surface area (Å²) in [5.41, 5.74) is 0.457. The van der Waals surface area contributed by atoms with Crippen molar-refractivity contribution >= 4 is 11.6 Å². The van der Waals surface area contributed by atoms with Gasteiger partial charge in [0.1, 0.15) is 11.5 Å². The molecule has 1 aromatic rings. The number of pyridine rings is 1. The minimum atomic E-state index is -0.453. The first-order valence-electron chi connectivity index (χ1n) is 6.07. The largest absolute Gasteiger partial charge is 1.00 e. The van der Waals surface area contributed by atoms with Crippen molar-refractivity contribution in [1.82, 2.24) is 10.3 Å². The molecule has 1 aromatic heterocycles. The normalized spacial score (nSPS) is 19.4. The number of amides is 1. The van der Waals surface area contributed by atoms with Crippen molar-refractivity contribution in [2.45, 2.75) is 18.9 Å². The maximum atomic E-state index is 13.3. The topological polar surface area (TPSA) is 54.5 Å². The highest BCUT2D eigenvalue weighted by Gasteiger charge is 2.33. The van der Waals surface area contributed by atoms with Crippen LogP contribution in [0.3, 0.4) is 0 Å². The molecule has 0 unspecified atom stereocenters. The third-order valence-corrected chi connectivity index (χ3v) is 3.33. The molecule has 0 radical (unpaired) electrons. The van der Waals surface area contributed by atoms with E-state index >= 15 is 0 Å². The summed E-state index contributed by atoms with van der Waals surface area (Å²) in [6, 6.07) is 1.42. The summed E-state index contributed by atoms with van der Waals surface area (Å²) in [5, 5.41) is 3.25. The molecule has 104 valence electrons. The molecule has 7 heteroatoms. The SMILES string of the molecule is O=C1COc2ncc(F)cc2N1C1CCNCC1.[Cl-].[H+]. The Labute approximate surface area is 118 Å². The number of carbonyl (C=O) groups excluding carboxylic acids is 1. The number of carbonyl (C=O) groups is 1. The van der Waals surface area contributed by atoms with Gasteiger partial charge in [0.15, 0.2) is 6.61 Å². The summed E-state index contributed by atoms with van der Waals surface area (Å²) in [5.74, 6) is -0.234. The van der Waals surface area contributed by atoms with Crippen LogP contribution in [-0.2, 0) is 4.79 Å². The molecular weight excluding hydrogens is 273 g/mol. The van der Waals surface area contributed by atoms with E-state index in [4.69, 9.17) is 4.74 Å². The lowest BCUT2D eigenvalue weighted by Crippen LogP contribution is -3.00. The van der Waals surface area contributed by atoms with Crippen LogP contribution in [0.15, 0.2) is 12.3 Å². The van der Waals surface area contributed by atoms with Gasteiger partial charge in [-0.1, -0.05) is 0 Å². The van der Waals surface area contributed by atoms with Crippen molar-refractivity contribution in [3.63, 3.8) is 0 Å². The number of nitrogens with zero attached hydrogens (tertiary/aromatic N) is 2. The van der Waals surface area contributed by atoms with Gasteiger partial charge in [-0.05, 0) is 25.9 Å². The number of fused-ring (bicyclic) bond motifs is 1. The van der Waals surface area contributed by atoms with E-state index in [1.807, 2.05) is 0 Å². The minimum absolute atomic E-state index is 0. The first kappa shape index (κ1) is 14.0. The summed E-state index contributed by atoms with van der Waals surface area (Å²) < 4.78 is 18.5. The summed E-state index contributed by atoms with van der Waals surface area (Å²) in [7, 11) is 0. The van der Waals surface area contributed by atoms with Crippen LogP contribution in [0.5, 0.6) is 5.88 Å². The number of nitrogens with one attached hydrogen (secondary N) is 1. The standard InChI is InChI=1S/C12H14FN3O2.ClH/c13-8-5-10-12(15-6-8)18-7-11(17)16(10)9-1-3-14-4-2-9;/h5-6,9,14H,1-4,7H2;1H. The first-order valence-corrected chi connectivity index (χ1v) is 6.07. The second-order valence-corrected chi connectivity index (χ2v) is 4.51. The van der Waals surface area contributed by atoms with Crippen LogP contribution >= 0.6 is 0 Å². The van der Waals surface area contributed by atoms with Crippen LogP contribution in [0.2, 0.25) is 0 Å². The molecule has 0 spiro atoms. The number of ether oxygens (including phenoxy) is 1. The van der Waals surface area contributed by atoms with E-state index < -0.39 is 5.82 Å². The van der Waals surface area contributed by atoms with Gasteiger partial charge in [0.2, 0.25) is 5.88 Å². The van der Waals surface area contributed by atoms with Crippen LogP contribution in [0.4, 0.5) is 10.1 Å². The van der Waals surface area contributed by atoms with E-state index in [9.17, 15) is 9.18 Å². The van der Waals surface area contributed by atoms with Crippen LogP contribution in [0.1, 0.15) is 14.3 Å². The van der Waals surface area contributed by atoms with Gasteiger partial charge >= 0.3 is 1.43 Å². The second-order valence-electron chi connectivity index (χ2n) is 4.51. The monoisotopic (exact) mass is 287 g/mol. The molecule has 0 aromatic carbocycles. The van der Waals surface area contributed by atoms with Crippen molar-refractivity contribution in [1.29, 1.82) is 0 Å². The van der Waals surface area contributed by atoms with Crippen LogP contribution in [0.25, 0.3) is 0 Å². The van der Waals surface area contributed by atoms with Gasteiger partial charge in [0, 0.05) is 12.1 Å². The van der Waals surface area contributed by atoms with Crippen LogP contribution < -0.4 is 27.4 Å². The smallest absolute Gasteiger partial charge is 1.00 e. The third kappa shape index (κ3) is 2.64. The summed E-state index contributed by atoms with van der Waals surface area (Å²) in [6.07, 6.45) is 2.83. The number of piperidine rings is 1. The first-order chi connectivity index (χ1) is 8.75. The highest BCUT2D eigenvalue weighted by atomic mass is 35.5. The Morgan fingerprint density at radius 3 is 2.95 bits per heavy atom. The lowest BCUT2D eigenvalue weighted by Gasteiger charge is -2.37. The summed E-state index contributed by atoms with van der Waals surface area (Å²) in [4.78, 5) is 17.5. The molecule has 0 atom stereocenters. The Morgan fingerprint density at radius 1 is 1.47 bits per heavy atom. The fourth-order valence-corrected chi connectivity index (χ4v) is 2.50. The molecular formula is C12H15ClFN3O2. The molecule has 3 heterocycles. The highest BCUT2D eigenvalue weighted by Crippen LogP contribution is 2.33. The van der Waals surface area contributed by atoms with Crippen molar-refractivity contribution in [2.24, 2.45) is 0 Å². The maximum Gasteiger partial charge on any atom is 1.00 e. The molecule has 1 fully saturated rings. The predicted octanol–water partition coefficient (Wildman–Crippen LogP) is -2.19. The molecule has 2 aliphatic heterocycles. The minimum Gasteiger partial charge on any atom is -1.00 e. The Kier molecular flexibility index (Phi) is 4.21. The van der Waals surface area contributed by atoms with Gasteiger partial charge in [0.25, 0.3) is 5.91 Å². The maximum absolute atomic E-state index is 13.3. The lowest BCUT2D eigenvalue weighted by molar-refractivity contribution is -0.122. The van der Waals surface area contributed by atoms with E-state index in [0.717, 1.165) is 32.1 Å². The number of aromatic nitrogens is 1. The molecule has 0 bridgehead atoms. The molecule has 1 N–H and O–H groups in total. The predicted molar refractivity (Wildman–Crippen MR) is 64.2 cm³/mol. The number of hydrogen-bond donors (Lipinski definition) is 1. The van der Waals surface area contributed by atoms with E-state index in [-0.39, 0.29) is 32.4 Å². The molecule has 1 amide bonds. The zero-order valence-corrected chi connectivity index (χ0v) is 11.0. The molecule has 5 nitrogen and oxygen atoms in total. The Morgan fingerprint density at radius 2 is 2.21 bits per heavy atom. The fraction of sp³-hybridized carbons (Fsp3) is 0.500. The van der Waals surface area contributed by atoms with Crippen molar-refractivity contribution in [3.05, 3.63) is 18.1 Å². The van der Waals surface area contributed by atoms with Gasteiger partial charge in [-0.25, -0.2) is 9.37 Å². The number of halogens is 2. The quantitative estimate of drug-likeness (QED) is 0.638. The summed E-state index contributed by atoms with van der Waals surface area (Å²) >= 11 is 0. The molecule has 2 aliphatic rings. The second kappa shape index (κ2) is 5.71. The Hall–Kier alpha value is -1.40. The Bertz CT molecular complexity index is 486. The fourth-order valence-electron chi connectivity index (χ4n) is 2.50. The van der Waals surface area contributed by atoms with Gasteiger partial charge in [-0.2, -0.15) is 0 Å². The van der Waals surface area contributed by atoms with Gasteiger partial charge in [-0.15, -0.1) is 0 Å². The third-order valence-electron chi connectivity index (χ3n) is 3.33. The molecule has 0 saturated carbocycles. The van der Waals surface area contributed by atoms with Crippen molar-refractivity contribution in [3.8, 4) is 5.88 Å². The Balaban J connectivity index is 0.000001000. The number of anilines is 1. The van der Waals surface area contributed by atoms with Crippen LogP contribution in [-0.4, -0.2) is 36.6 Å². The average Bonchev–Trinajstić information content (AvgIpc) is 2.39. The van der Waals surface area contributed by atoms with Crippen LogP contribution in [0, 0.1) is 5.82 Å². The van der Waals surface area contributed by atoms with Crippen molar-refractivity contribution in [2.75, 3.05) is 24.6 Å². The molecule has 19 heavy (non-hydrogen) atoms. The van der Waals surface area contributed by atoms with Gasteiger partial charge in [-0.3, -0.25) is 4.79 Å². The van der Waals surface area contributed by atoms with Gasteiger partial charge < -0.3 is 27.4 Å². The number of rotatable bonds is 1. The van der Waals surface area contributed by atoms with E-state index in [2.05, 4.69) is 10.3 Å². The van der Waals surface area contributed by atoms with E-state index in [1.165, 1.54) is 6.07 Å². The molecule has 0 aliphatic carbocycles. The lowest BCUT2D eigenvalue weighted by atomic mass is 10.0. The molecule has 3 rings (SSSR count). The van der Waals surface area contributed by atoms with Crippen molar-refractivity contribution < 1.29 is 27.8 Å². The molecule has 1 saturated heterocycles. The van der Waals surface area contributed by atoms with E-state index in [1.54, 1.807) is 4.90 Å². The summed E-state index contributed by atoms with van der Waals surface area (Å²) in [6.45, 7) is 1.72. The zero-order chi connectivity index (χ0) is 12.5. The zero-order valence-electron chi connectivity index (χ0n) is 11.2. The highest BCUT2D eigenvalue weighted by molar-refractivity contribution is 5.97.